The molecule has 3 aliphatic rings. The van der Waals surface area contributed by atoms with Crippen molar-refractivity contribution in [2.75, 3.05) is 31.7 Å². The number of Topliss-reactive ketones (excluding diaryl/α,β-unsaturated/α-hetero) is 1. The largest absolute Gasteiger partial charge is 0.490 e. The SMILES string of the molecule is C[C@]1(c2ccc3c(c2)OCCCO3)NC(=O)N(CC(=O)c2ccc3c(c2)NC(=O)CO3)C1=O. The lowest BCUT2D eigenvalue weighted by Gasteiger charge is -2.23. The summed E-state index contributed by atoms with van der Waals surface area (Å²) in [6.45, 7) is 2.07. The van der Waals surface area contributed by atoms with E-state index in [0.29, 0.717) is 41.7 Å². The maximum Gasteiger partial charge on any atom is 0.325 e. The smallest absolute Gasteiger partial charge is 0.325 e. The Morgan fingerprint density at radius 2 is 1.76 bits per heavy atom. The quantitative estimate of drug-likeness (QED) is 0.537. The van der Waals surface area contributed by atoms with Crippen molar-refractivity contribution >= 4 is 29.3 Å². The first kappa shape index (κ1) is 20.8. The number of carbonyl (C=O) groups excluding carboxylic acids is 4. The number of hydrogen-bond acceptors (Lipinski definition) is 7. The van der Waals surface area contributed by atoms with Gasteiger partial charge in [0.15, 0.2) is 23.9 Å². The Morgan fingerprint density at radius 1 is 1.00 bits per heavy atom. The van der Waals surface area contributed by atoms with Crippen LogP contribution in [0.1, 0.15) is 29.3 Å². The molecule has 2 aromatic rings. The Morgan fingerprint density at radius 3 is 2.58 bits per heavy atom. The Hall–Kier alpha value is -4.08. The molecule has 5 rings (SSSR count). The lowest BCUT2D eigenvalue weighted by molar-refractivity contribution is -0.130. The van der Waals surface area contributed by atoms with Crippen LogP contribution in [0.3, 0.4) is 0 Å². The van der Waals surface area contributed by atoms with E-state index >= 15 is 0 Å². The number of ketones is 1. The summed E-state index contributed by atoms with van der Waals surface area (Å²) in [5, 5.41) is 5.33. The molecular formula is C23H21N3O7. The third kappa shape index (κ3) is 3.63. The predicted molar refractivity (Wildman–Crippen MR) is 115 cm³/mol. The van der Waals surface area contributed by atoms with Crippen molar-refractivity contribution < 1.29 is 33.4 Å². The molecule has 2 aromatic carbocycles. The second-order valence-corrected chi connectivity index (χ2v) is 8.13. The molecule has 0 bridgehead atoms. The molecule has 10 heteroatoms. The highest BCUT2D eigenvalue weighted by atomic mass is 16.5. The van der Waals surface area contributed by atoms with Crippen LogP contribution >= 0.6 is 0 Å². The van der Waals surface area contributed by atoms with Crippen LogP contribution in [0.2, 0.25) is 0 Å². The van der Waals surface area contributed by atoms with Crippen molar-refractivity contribution in [2.24, 2.45) is 0 Å². The fraction of sp³-hybridized carbons (Fsp3) is 0.304. The van der Waals surface area contributed by atoms with E-state index in [1.165, 1.54) is 12.1 Å². The standard InChI is InChI=1S/C23H21N3O7/c1-23(14-4-6-18-19(10-14)32-8-2-7-31-18)21(29)26(22(30)25-23)11-16(27)13-3-5-17-15(9-13)24-20(28)12-33-17/h3-6,9-10H,2,7-8,11-12H2,1H3,(H,24,28)(H,25,30)/t23-/m1/s1. The van der Waals surface area contributed by atoms with E-state index in [2.05, 4.69) is 10.6 Å². The number of fused-ring (bicyclic) bond motifs is 2. The van der Waals surface area contributed by atoms with E-state index in [1.54, 1.807) is 31.2 Å². The van der Waals surface area contributed by atoms with Gasteiger partial charge in [0.25, 0.3) is 11.8 Å². The van der Waals surface area contributed by atoms with Gasteiger partial charge in [-0.05, 0) is 42.8 Å². The summed E-state index contributed by atoms with van der Waals surface area (Å²) >= 11 is 0. The number of hydrogen-bond donors (Lipinski definition) is 2. The molecule has 0 spiro atoms. The average molecular weight is 451 g/mol. The minimum absolute atomic E-state index is 0.0960. The minimum Gasteiger partial charge on any atom is -0.490 e. The highest BCUT2D eigenvalue weighted by Crippen LogP contribution is 2.37. The van der Waals surface area contributed by atoms with E-state index in [-0.39, 0.29) is 18.1 Å². The fourth-order valence-corrected chi connectivity index (χ4v) is 4.00. The number of nitrogens with one attached hydrogen (secondary N) is 2. The van der Waals surface area contributed by atoms with Gasteiger partial charge in [-0.15, -0.1) is 0 Å². The van der Waals surface area contributed by atoms with Crippen molar-refractivity contribution in [3.8, 4) is 17.2 Å². The summed E-state index contributed by atoms with van der Waals surface area (Å²) in [4.78, 5) is 51.2. The number of carbonyl (C=O) groups is 4. The molecule has 0 unspecified atom stereocenters. The van der Waals surface area contributed by atoms with Crippen LogP contribution in [-0.4, -0.2) is 54.9 Å². The van der Waals surface area contributed by atoms with Crippen molar-refractivity contribution in [1.29, 1.82) is 0 Å². The van der Waals surface area contributed by atoms with Crippen LogP contribution in [-0.2, 0) is 15.1 Å². The first-order valence-corrected chi connectivity index (χ1v) is 10.5. The number of anilines is 1. The zero-order valence-electron chi connectivity index (χ0n) is 17.8. The van der Waals surface area contributed by atoms with Crippen molar-refractivity contribution in [2.45, 2.75) is 18.9 Å². The second kappa shape index (κ2) is 7.80. The number of nitrogens with zero attached hydrogens (tertiary/aromatic N) is 1. The Bertz CT molecular complexity index is 1190. The minimum atomic E-state index is -1.36. The molecule has 3 aliphatic heterocycles. The van der Waals surface area contributed by atoms with Gasteiger partial charge in [0.2, 0.25) is 0 Å². The van der Waals surface area contributed by atoms with E-state index in [0.717, 1.165) is 11.3 Å². The molecule has 10 nitrogen and oxygen atoms in total. The Labute approximate surface area is 188 Å². The molecule has 1 atom stereocenters. The van der Waals surface area contributed by atoms with Gasteiger partial charge in [0.05, 0.1) is 25.4 Å². The zero-order valence-corrected chi connectivity index (χ0v) is 17.8. The molecule has 170 valence electrons. The summed E-state index contributed by atoms with van der Waals surface area (Å²) in [6.07, 6.45) is 0.741. The number of urea groups is 1. The summed E-state index contributed by atoms with van der Waals surface area (Å²) < 4.78 is 16.6. The molecular weight excluding hydrogens is 430 g/mol. The molecule has 1 fully saturated rings. The number of imide groups is 1. The molecule has 0 saturated carbocycles. The van der Waals surface area contributed by atoms with E-state index in [4.69, 9.17) is 14.2 Å². The average Bonchev–Trinajstić information content (AvgIpc) is 2.96. The number of ether oxygens (including phenoxy) is 3. The molecule has 33 heavy (non-hydrogen) atoms. The molecule has 0 radical (unpaired) electrons. The van der Waals surface area contributed by atoms with Crippen LogP contribution < -0.4 is 24.8 Å². The molecule has 0 aromatic heterocycles. The van der Waals surface area contributed by atoms with E-state index in [9.17, 15) is 19.2 Å². The number of rotatable bonds is 4. The van der Waals surface area contributed by atoms with Gasteiger partial charge in [-0.25, -0.2) is 4.79 Å². The predicted octanol–water partition coefficient (Wildman–Crippen LogP) is 1.83. The Balaban J connectivity index is 1.37. The monoisotopic (exact) mass is 451 g/mol. The second-order valence-electron chi connectivity index (χ2n) is 8.13. The number of benzene rings is 2. The van der Waals surface area contributed by atoms with Gasteiger partial charge in [-0.1, -0.05) is 6.07 Å². The van der Waals surface area contributed by atoms with Crippen LogP contribution in [0.25, 0.3) is 0 Å². The highest BCUT2D eigenvalue weighted by molar-refractivity contribution is 6.11. The summed E-state index contributed by atoms with van der Waals surface area (Å²) in [5.41, 5.74) is -0.232. The van der Waals surface area contributed by atoms with Gasteiger partial charge in [0, 0.05) is 12.0 Å². The molecule has 4 amide bonds. The molecule has 2 N–H and O–H groups in total. The third-order valence-electron chi connectivity index (χ3n) is 5.84. The van der Waals surface area contributed by atoms with Crippen LogP contribution in [0.4, 0.5) is 10.5 Å². The van der Waals surface area contributed by atoms with E-state index < -0.39 is 29.8 Å². The zero-order chi connectivity index (χ0) is 23.2. The topological polar surface area (TPSA) is 123 Å². The maximum atomic E-state index is 13.3. The summed E-state index contributed by atoms with van der Waals surface area (Å²) in [6, 6.07) is 8.97. The van der Waals surface area contributed by atoms with Gasteiger partial charge in [-0.2, -0.15) is 0 Å². The normalized spacial score (nSPS) is 21.5. The van der Waals surface area contributed by atoms with Gasteiger partial charge < -0.3 is 24.8 Å². The third-order valence-corrected chi connectivity index (χ3v) is 5.84. The summed E-state index contributed by atoms with van der Waals surface area (Å²) in [7, 11) is 0. The van der Waals surface area contributed by atoms with Crippen LogP contribution in [0, 0.1) is 0 Å². The number of amides is 4. The van der Waals surface area contributed by atoms with Crippen LogP contribution in [0.5, 0.6) is 17.2 Å². The lowest BCUT2D eigenvalue weighted by Crippen LogP contribution is -2.41. The van der Waals surface area contributed by atoms with Crippen LogP contribution in [0.15, 0.2) is 36.4 Å². The first-order valence-electron chi connectivity index (χ1n) is 10.5. The molecule has 1 saturated heterocycles. The van der Waals surface area contributed by atoms with Crippen molar-refractivity contribution in [3.63, 3.8) is 0 Å². The van der Waals surface area contributed by atoms with Crippen molar-refractivity contribution in [3.05, 3.63) is 47.5 Å². The Kier molecular flexibility index (Phi) is 4.92. The lowest BCUT2D eigenvalue weighted by atomic mass is 9.91. The molecule has 0 aliphatic carbocycles. The van der Waals surface area contributed by atoms with Gasteiger partial charge in [-0.3, -0.25) is 19.3 Å². The highest BCUT2D eigenvalue weighted by Gasteiger charge is 2.49. The summed E-state index contributed by atoms with van der Waals surface area (Å²) in [5.74, 6) is 0.192. The fourth-order valence-electron chi connectivity index (χ4n) is 4.00. The molecule has 3 heterocycles. The van der Waals surface area contributed by atoms with Gasteiger partial charge >= 0.3 is 6.03 Å². The maximum absolute atomic E-state index is 13.3. The van der Waals surface area contributed by atoms with Gasteiger partial charge in [0.1, 0.15) is 11.3 Å². The first-order chi connectivity index (χ1) is 15.8. The van der Waals surface area contributed by atoms with E-state index in [1.807, 2.05) is 0 Å². The van der Waals surface area contributed by atoms with Crippen molar-refractivity contribution in [1.82, 2.24) is 10.2 Å².